The number of amides is 3. The van der Waals surface area contributed by atoms with Crippen molar-refractivity contribution in [3.63, 3.8) is 0 Å². The first-order valence-corrected chi connectivity index (χ1v) is 9.19. The van der Waals surface area contributed by atoms with Gasteiger partial charge >= 0.3 is 12.0 Å². The Hall–Kier alpha value is -2.64. The van der Waals surface area contributed by atoms with Crippen LogP contribution in [0.1, 0.15) is 60.9 Å². The van der Waals surface area contributed by atoms with E-state index in [-0.39, 0.29) is 5.78 Å². The predicted molar refractivity (Wildman–Crippen MR) is 96.4 cm³/mol. The number of ketones is 1. The smallest absolute Gasteiger partial charge is 0.326 e. The highest BCUT2D eigenvalue weighted by Crippen LogP contribution is 2.38. The van der Waals surface area contributed by atoms with Crippen LogP contribution in [0, 0.1) is 13.8 Å². The van der Waals surface area contributed by atoms with Gasteiger partial charge in [-0.05, 0) is 46.1 Å². The lowest BCUT2D eigenvalue weighted by Crippen LogP contribution is -2.43. The van der Waals surface area contributed by atoms with Gasteiger partial charge in [0, 0.05) is 23.0 Å². The summed E-state index contributed by atoms with van der Waals surface area (Å²) >= 11 is 0. The van der Waals surface area contributed by atoms with Gasteiger partial charge in [0.15, 0.2) is 6.61 Å². The molecule has 1 N–H and O–H groups in total. The summed E-state index contributed by atoms with van der Waals surface area (Å²) in [5.74, 6) is -1.55. The fraction of sp³-hybridized carbons (Fsp3) is 0.579. The number of nitrogens with one attached hydrogen (secondary N) is 1. The maximum Gasteiger partial charge on any atom is 0.326 e. The first-order valence-electron chi connectivity index (χ1n) is 9.19. The standard InChI is InChI=1S/C19H25N3O5/c1-5-19(4)17(25)21(18(26)20-19)9-16(24)27-10-15(23)14-8-11(2)22(12(14)3)13-6-7-13/h8,13H,5-7,9-10H2,1-4H3,(H,20,26)/t19-/m1/s1. The molecule has 146 valence electrons. The summed E-state index contributed by atoms with van der Waals surface area (Å²) < 4.78 is 7.17. The van der Waals surface area contributed by atoms with E-state index in [1.807, 2.05) is 19.9 Å². The molecule has 27 heavy (non-hydrogen) atoms. The second kappa shape index (κ2) is 6.83. The van der Waals surface area contributed by atoms with Crippen molar-refractivity contribution in [1.29, 1.82) is 0 Å². The Morgan fingerprint density at radius 2 is 1.96 bits per heavy atom. The van der Waals surface area contributed by atoms with Gasteiger partial charge in [-0.15, -0.1) is 0 Å². The molecule has 1 saturated heterocycles. The Balaban J connectivity index is 1.58. The van der Waals surface area contributed by atoms with Gasteiger partial charge < -0.3 is 14.6 Å². The van der Waals surface area contributed by atoms with Gasteiger partial charge in [0.05, 0.1) is 0 Å². The van der Waals surface area contributed by atoms with Crippen LogP contribution in [-0.2, 0) is 14.3 Å². The van der Waals surface area contributed by atoms with E-state index in [1.54, 1.807) is 13.8 Å². The Morgan fingerprint density at radius 3 is 2.52 bits per heavy atom. The van der Waals surface area contributed by atoms with E-state index < -0.39 is 36.6 Å². The Morgan fingerprint density at radius 1 is 1.30 bits per heavy atom. The fourth-order valence-electron chi connectivity index (χ4n) is 3.48. The first kappa shape index (κ1) is 19.1. The number of carbonyl (C=O) groups excluding carboxylic acids is 4. The second-order valence-corrected chi connectivity index (χ2v) is 7.48. The van der Waals surface area contributed by atoms with Crippen LogP contribution in [0.15, 0.2) is 6.07 Å². The number of aromatic nitrogens is 1. The molecule has 2 fully saturated rings. The minimum Gasteiger partial charge on any atom is -0.456 e. The summed E-state index contributed by atoms with van der Waals surface area (Å²) in [7, 11) is 0. The van der Waals surface area contributed by atoms with E-state index in [9.17, 15) is 19.2 Å². The third-order valence-electron chi connectivity index (χ3n) is 5.40. The lowest BCUT2D eigenvalue weighted by Gasteiger charge is -2.18. The summed E-state index contributed by atoms with van der Waals surface area (Å²) in [4.78, 5) is 49.5. The molecule has 2 aliphatic rings. The number of imide groups is 1. The number of rotatable bonds is 7. The van der Waals surface area contributed by atoms with E-state index in [4.69, 9.17) is 4.74 Å². The minimum absolute atomic E-state index is 0.293. The molecule has 1 aromatic heterocycles. The number of ether oxygens (including phenoxy) is 1. The lowest BCUT2D eigenvalue weighted by atomic mass is 9.99. The van der Waals surface area contributed by atoms with Crippen molar-refractivity contribution in [2.24, 2.45) is 0 Å². The number of hydrogen-bond donors (Lipinski definition) is 1. The average molecular weight is 375 g/mol. The number of urea groups is 1. The molecular weight excluding hydrogens is 350 g/mol. The lowest BCUT2D eigenvalue weighted by molar-refractivity contribution is -0.146. The van der Waals surface area contributed by atoms with Gasteiger partial charge in [0.2, 0.25) is 5.78 Å². The van der Waals surface area contributed by atoms with Crippen molar-refractivity contribution in [3.05, 3.63) is 23.0 Å². The van der Waals surface area contributed by atoms with Gasteiger partial charge in [-0.25, -0.2) is 4.79 Å². The monoisotopic (exact) mass is 375 g/mol. The average Bonchev–Trinajstić information content (AvgIpc) is 3.37. The van der Waals surface area contributed by atoms with Gasteiger partial charge in [-0.3, -0.25) is 19.3 Å². The molecule has 0 bridgehead atoms. The molecule has 8 nitrogen and oxygen atoms in total. The summed E-state index contributed by atoms with van der Waals surface area (Å²) in [5, 5.41) is 2.57. The first-order chi connectivity index (χ1) is 12.7. The zero-order valence-corrected chi connectivity index (χ0v) is 16.1. The molecular formula is C19H25N3O5. The zero-order chi connectivity index (χ0) is 19.9. The van der Waals surface area contributed by atoms with E-state index in [2.05, 4.69) is 9.88 Å². The van der Waals surface area contributed by atoms with Gasteiger partial charge in [0.1, 0.15) is 12.1 Å². The fourth-order valence-corrected chi connectivity index (χ4v) is 3.48. The molecule has 2 heterocycles. The Kier molecular flexibility index (Phi) is 4.84. The van der Waals surface area contributed by atoms with Gasteiger partial charge in [0.25, 0.3) is 5.91 Å². The Labute approximate surface area is 157 Å². The molecule has 1 aromatic rings. The maximum atomic E-state index is 12.4. The van der Waals surface area contributed by atoms with Crippen LogP contribution in [0.4, 0.5) is 4.79 Å². The van der Waals surface area contributed by atoms with E-state index in [0.717, 1.165) is 29.1 Å². The van der Waals surface area contributed by atoms with Gasteiger partial charge in [-0.1, -0.05) is 6.92 Å². The molecule has 0 unspecified atom stereocenters. The normalized spacial score (nSPS) is 22.1. The summed E-state index contributed by atoms with van der Waals surface area (Å²) in [6, 6.07) is 1.65. The Bertz CT molecular complexity index is 824. The molecule has 3 rings (SSSR count). The van der Waals surface area contributed by atoms with Crippen LogP contribution in [0.5, 0.6) is 0 Å². The molecule has 8 heteroatoms. The van der Waals surface area contributed by atoms with E-state index in [1.165, 1.54) is 0 Å². The van der Waals surface area contributed by atoms with Crippen LogP contribution in [-0.4, -0.2) is 51.8 Å². The predicted octanol–water partition coefficient (Wildman–Crippen LogP) is 1.89. The number of carbonyl (C=O) groups is 4. The molecule has 1 atom stereocenters. The van der Waals surface area contributed by atoms with Crippen LogP contribution < -0.4 is 5.32 Å². The largest absolute Gasteiger partial charge is 0.456 e. The van der Waals surface area contributed by atoms with Crippen molar-refractivity contribution in [1.82, 2.24) is 14.8 Å². The quantitative estimate of drug-likeness (QED) is 0.446. The molecule has 0 spiro atoms. The second-order valence-electron chi connectivity index (χ2n) is 7.48. The van der Waals surface area contributed by atoms with E-state index in [0.29, 0.717) is 18.0 Å². The van der Waals surface area contributed by atoms with Crippen LogP contribution >= 0.6 is 0 Å². The summed E-state index contributed by atoms with van der Waals surface area (Å²) in [6.45, 7) is 6.31. The van der Waals surface area contributed by atoms with Crippen LogP contribution in [0.2, 0.25) is 0 Å². The number of aryl methyl sites for hydroxylation is 1. The number of hydrogen-bond acceptors (Lipinski definition) is 5. The van der Waals surface area contributed by atoms with Gasteiger partial charge in [-0.2, -0.15) is 0 Å². The minimum atomic E-state index is -1.01. The molecule has 3 amide bonds. The topological polar surface area (TPSA) is 97.7 Å². The SMILES string of the molecule is CC[C@@]1(C)NC(=O)N(CC(=O)OCC(=O)c2cc(C)n(C3CC3)c2C)C1=O. The molecule has 1 aliphatic heterocycles. The van der Waals surface area contributed by atoms with E-state index >= 15 is 0 Å². The molecule has 1 aliphatic carbocycles. The van der Waals surface area contributed by atoms with Crippen molar-refractivity contribution < 1.29 is 23.9 Å². The van der Waals surface area contributed by atoms with Crippen molar-refractivity contribution >= 4 is 23.7 Å². The molecule has 0 aromatic carbocycles. The molecule has 1 saturated carbocycles. The van der Waals surface area contributed by atoms with Crippen LogP contribution in [0.3, 0.4) is 0 Å². The third kappa shape index (κ3) is 3.48. The molecule has 0 radical (unpaired) electrons. The van der Waals surface area contributed by atoms with Crippen LogP contribution in [0.25, 0.3) is 0 Å². The highest BCUT2D eigenvalue weighted by molar-refractivity contribution is 6.08. The summed E-state index contributed by atoms with van der Waals surface area (Å²) in [5.41, 5.74) is 1.43. The van der Waals surface area contributed by atoms with Crippen molar-refractivity contribution in [2.75, 3.05) is 13.2 Å². The third-order valence-corrected chi connectivity index (χ3v) is 5.40. The number of nitrogens with zero attached hydrogens (tertiary/aromatic N) is 2. The number of Topliss-reactive ketones (excluding diaryl/α,β-unsaturated/α-hetero) is 1. The number of esters is 1. The van der Waals surface area contributed by atoms with Crippen molar-refractivity contribution in [2.45, 2.75) is 58.5 Å². The highest BCUT2D eigenvalue weighted by Gasteiger charge is 2.47. The van der Waals surface area contributed by atoms with Crippen molar-refractivity contribution in [3.8, 4) is 0 Å². The maximum absolute atomic E-state index is 12.4. The summed E-state index contributed by atoms with van der Waals surface area (Å²) in [6.07, 6.45) is 2.64. The highest BCUT2D eigenvalue weighted by atomic mass is 16.5. The zero-order valence-electron chi connectivity index (χ0n) is 16.1.